The number of H-pyrrole nitrogens is 1. The molecule has 0 bridgehead atoms. The molecule has 5 heteroatoms. The van der Waals surface area contributed by atoms with Gasteiger partial charge < -0.3 is 10.2 Å². The van der Waals surface area contributed by atoms with Crippen LogP contribution in [0, 0.1) is 0 Å². The Hall–Kier alpha value is -2.07. The molecule has 0 radical (unpaired) electrons. The van der Waals surface area contributed by atoms with Gasteiger partial charge in [-0.15, -0.1) is 0 Å². The van der Waals surface area contributed by atoms with Crippen molar-refractivity contribution in [3.05, 3.63) is 40.8 Å². The van der Waals surface area contributed by atoms with Crippen LogP contribution in [0.1, 0.15) is 17.7 Å². The normalized spacial score (nSPS) is 16.6. The molecule has 0 saturated heterocycles. The number of benzene rings is 1. The largest absolute Gasteiger partial charge is 0.411 e. The maximum atomic E-state index is 9.08. The molecule has 2 heterocycles. The van der Waals surface area contributed by atoms with Crippen LogP contribution in [-0.4, -0.2) is 20.9 Å². The van der Waals surface area contributed by atoms with E-state index in [-0.39, 0.29) is 0 Å². The van der Waals surface area contributed by atoms with Gasteiger partial charge in [0.25, 0.3) is 0 Å². The zero-order valence-corrected chi connectivity index (χ0v) is 10.7. The smallest absolute Gasteiger partial charge is 0.106 e. The summed E-state index contributed by atoms with van der Waals surface area (Å²) in [5, 5.41) is 16.2. The van der Waals surface area contributed by atoms with Crippen LogP contribution in [-0.2, 0) is 6.42 Å². The van der Waals surface area contributed by atoms with Crippen LogP contribution in [0.2, 0.25) is 5.15 Å². The van der Waals surface area contributed by atoms with Crippen molar-refractivity contribution in [2.24, 2.45) is 5.16 Å². The lowest BCUT2D eigenvalue weighted by atomic mass is 10.1. The van der Waals surface area contributed by atoms with Crippen LogP contribution >= 0.6 is 11.6 Å². The number of aromatic amines is 1. The second kappa shape index (κ2) is 3.71. The summed E-state index contributed by atoms with van der Waals surface area (Å²) in [7, 11) is 0. The Balaban J connectivity index is 2.17. The minimum absolute atomic E-state index is 0.583. The summed E-state index contributed by atoms with van der Waals surface area (Å²) in [6, 6.07) is 5.94. The molecule has 1 aliphatic rings. The number of nitrogens with zero attached hydrogens (tertiary/aromatic N) is 2. The van der Waals surface area contributed by atoms with Crippen molar-refractivity contribution in [2.75, 3.05) is 0 Å². The Morgan fingerprint density at radius 3 is 3.00 bits per heavy atom. The van der Waals surface area contributed by atoms with Crippen LogP contribution in [0.15, 0.2) is 29.6 Å². The number of oxime groups is 1. The zero-order chi connectivity index (χ0) is 13.0. The van der Waals surface area contributed by atoms with E-state index in [0.29, 0.717) is 5.15 Å². The fraction of sp³-hybridized carbons (Fsp3) is 0.143. The highest BCUT2D eigenvalue weighted by Crippen LogP contribution is 2.34. The first kappa shape index (κ1) is 10.8. The van der Waals surface area contributed by atoms with E-state index in [1.54, 1.807) is 0 Å². The van der Waals surface area contributed by atoms with E-state index in [0.717, 1.165) is 51.5 Å². The molecule has 3 aromatic rings. The van der Waals surface area contributed by atoms with E-state index < -0.39 is 0 Å². The number of aromatic nitrogens is 2. The van der Waals surface area contributed by atoms with Crippen LogP contribution in [0.25, 0.3) is 21.7 Å². The predicted octanol–water partition coefficient (Wildman–Crippen LogP) is 3.49. The molecule has 0 amide bonds. The molecule has 19 heavy (non-hydrogen) atoms. The maximum absolute atomic E-state index is 9.08. The van der Waals surface area contributed by atoms with Crippen LogP contribution in [0.3, 0.4) is 0 Å². The molecule has 4 nitrogen and oxygen atoms in total. The van der Waals surface area contributed by atoms with E-state index in [4.69, 9.17) is 21.8 Å². The molecule has 0 spiro atoms. The Bertz CT molecular complexity index is 851. The van der Waals surface area contributed by atoms with Gasteiger partial charge in [-0.05, 0) is 18.9 Å². The molecular weight excluding hydrogens is 262 g/mol. The molecule has 1 aliphatic carbocycles. The maximum Gasteiger partial charge on any atom is 0.106 e. The molecule has 94 valence electrons. The number of aryl methyl sites for hydroxylation is 1. The standard InChI is InChI=1S/C14H10ClN3O/c15-12-5-9-7(6-16-12)1-2-8-13-10(17-14(8)9)3-4-11(13)18-19/h1-2,5-6,16,19H,3-4H2/b18-11+. The number of hydrogen-bond acceptors (Lipinski definition) is 3. The highest BCUT2D eigenvalue weighted by atomic mass is 35.5. The van der Waals surface area contributed by atoms with Gasteiger partial charge in [0.2, 0.25) is 0 Å². The summed E-state index contributed by atoms with van der Waals surface area (Å²) in [6.45, 7) is 0. The van der Waals surface area contributed by atoms with Gasteiger partial charge in [0.15, 0.2) is 0 Å². The topological polar surface area (TPSA) is 61.3 Å². The van der Waals surface area contributed by atoms with Gasteiger partial charge in [-0.2, -0.15) is 0 Å². The fourth-order valence-corrected chi connectivity index (χ4v) is 3.01. The lowest BCUT2D eigenvalue weighted by molar-refractivity contribution is 0.318. The molecule has 0 unspecified atom stereocenters. The SMILES string of the molecule is O/N=C1\CCc2nc3c(ccc4c[nH]c(Cl)cc43)c21. The van der Waals surface area contributed by atoms with Crippen molar-refractivity contribution >= 4 is 39.0 Å². The van der Waals surface area contributed by atoms with Crippen LogP contribution in [0.4, 0.5) is 0 Å². The summed E-state index contributed by atoms with van der Waals surface area (Å²) < 4.78 is 0. The third kappa shape index (κ3) is 1.40. The van der Waals surface area contributed by atoms with E-state index >= 15 is 0 Å². The summed E-state index contributed by atoms with van der Waals surface area (Å²) in [5.41, 5.74) is 3.66. The minimum Gasteiger partial charge on any atom is -0.411 e. The Labute approximate surface area is 113 Å². The van der Waals surface area contributed by atoms with Gasteiger partial charge in [0.05, 0.1) is 16.9 Å². The summed E-state index contributed by atoms with van der Waals surface area (Å²) in [6.07, 6.45) is 3.46. The van der Waals surface area contributed by atoms with Crippen molar-refractivity contribution in [3.8, 4) is 0 Å². The molecule has 0 saturated carbocycles. The molecule has 0 atom stereocenters. The number of pyridine rings is 1. The van der Waals surface area contributed by atoms with Crippen molar-refractivity contribution < 1.29 is 5.21 Å². The van der Waals surface area contributed by atoms with Crippen molar-refractivity contribution in [1.29, 1.82) is 0 Å². The Kier molecular flexibility index (Phi) is 2.11. The second-order valence-electron chi connectivity index (χ2n) is 4.73. The first-order valence-corrected chi connectivity index (χ1v) is 6.46. The van der Waals surface area contributed by atoms with E-state index in [1.807, 2.05) is 24.4 Å². The molecular formula is C14H10ClN3O. The van der Waals surface area contributed by atoms with Crippen molar-refractivity contribution in [1.82, 2.24) is 9.97 Å². The predicted molar refractivity (Wildman–Crippen MR) is 75.3 cm³/mol. The number of nitrogens with one attached hydrogen (secondary N) is 1. The van der Waals surface area contributed by atoms with Crippen LogP contribution in [0.5, 0.6) is 0 Å². The molecule has 2 aromatic heterocycles. The van der Waals surface area contributed by atoms with Gasteiger partial charge >= 0.3 is 0 Å². The van der Waals surface area contributed by atoms with E-state index in [2.05, 4.69) is 10.1 Å². The third-order valence-corrected chi connectivity index (χ3v) is 3.92. The lowest BCUT2D eigenvalue weighted by Gasteiger charge is -2.02. The molecule has 1 aromatic carbocycles. The summed E-state index contributed by atoms with van der Waals surface area (Å²) in [4.78, 5) is 7.68. The summed E-state index contributed by atoms with van der Waals surface area (Å²) >= 11 is 6.02. The number of halogens is 1. The van der Waals surface area contributed by atoms with Gasteiger partial charge in [-0.3, -0.25) is 4.98 Å². The Morgan fingerprint density at radius 2 is 2.16 bits per heavy atom. The second-order valence-corrected chi connectivity index (χ2v) is 5.13. The average molecular weight is 272 g/mol. The van der Waals surface area contributed by atoms with Crippen molar-refractivity contribution in [3.63, 3.8) is 0 Å². The van der Waals surface area contributed by atoms with Crippen LogP contribution < -0.4 is 0 Å². The first-order valence-electron chi connectivity index (χ1n) is 6.08. The highest BCUT2D eigenvalue weighted by molar-refractivity contribution is 6.30. The van der Waals surface area contributed by atoms with Crippen molar-refractivity contribution in [2.45, 2.75) is 12.8 Å². The number of fused-ring (bicyclic) bond motifs is 5. The minimum atomic E-state index is 0.583. The fourth-order valence-electron chi connectivity index (χ4n) is 2.85. The molecule has 0 aliphatic heterocycles. The molecule has 4 rings (SSSR count). The quantitative estimate of drug-likeness (QED) is 0.373. The monoisotopic (exact) mass is 271 g/mol. The first-order chi connectivity index (χ1) is 9.28. The molecule has 2 N–H and O–H groups in total. The number of hydrogen-bond donors (Lipinski definition) is 2. The van der Waals surface area contributed by atoms with Gasteiger partial charge in [-0.25, -0.2) is 0 Å². The van der Waals surface area contributed by atoms with Gasteiger partial charge in [0.1, 0.15) is 5.15 Å². The third-order valence-electron chi connectivity index (χ3n) is 3.70. The zero-order valence-electron chi connectivity index (χ0n) is 9.94. The average Bonchev–Trinajstić information content (AvgIpc) is 2.97. The summed E-state index contributed by atoms with van der Waals surface area (Å²) in [5.74, 6) is 0. The van der Waals surface area contributed by atoms with Gasteiger partial charge in [-0.1, -0.05) is 28.9 Å². The Morgan fingerprint density at radius 1 is 1.26 bits per heavy atom. The number of rotatable bonds is 0. The highest BCUT2D eigenvalue weighted by Gasteiger charge is 2.25. The lowest BCUT2D eigenvalue weighted by Crippen LogP contribution is -1.93. The molecule has 0 fully saturated rings. The van der Waals surface area contributed by atoms with E-state index in [1.165, 1.54) is 0 Å². The van der Waals surface area contributed by atoms with Gasteiger partial charge in [0, 0.05) is 27.9 Å². The van der Waals surface area contributed by atoms with E-state index in [9.17, 15) is 0 Å².